The molecule has 0 atom stereocenters. The first-order chi connectivity index (χ1) is 7.31. The zero-order valence-corrected chi connectivity index (χ0v) is 11.1. The van der Waals surface area contributed by atoms with Crippen molar-refractivity contribution < 1.29 is 0 Å². The zero-order chi connectivity index (χ0) is 11.4. The Morgan fingerprint density at radius 3 is 2.07 bits per heavy atom. The minimum absolute atomic E-state index is 1.30. The first-order valence-electron chi connectivity index (χ1n) is 6.96. The Morgan fingerprint density at radius 1 is 0.800 bits per heavy atom. The van der Waals surface area contributed by atoms with Crippen molar-refractivity contribution >= 4 is 0 Å². The molecule has 15 heavy (non-hydrogen) atoms. The van der Waals surface area contributed by atoms with Gasteiger partial charge in [-0.2, -0.15) is 0 Å². The molecule has 90 valence electrons. The Labute approximate surface area is 97.2 Å². The van der Waals surface area contributed by atoms with Gasteiger partial charge in [-0.05, 0) is 32.6 Å². The van der Waals surface area contributed by atoms with E-state index in [0.717, 1.165) is 0 Å². The lowest BCUT2D eigenvalue weighted by molar-refractivity contribution is 0.629. The number of allylic oxidation sites excluding steroid dienone is 2. The quantitative estimate of drug-likeness (QED) is 0.312. The third kappa shape index (κ3) is 11.7. The van der Waals surface area contributed by atoms with Crippen LogP contribution in [0.5, 0.6) is 0 Å². The number of rotatable bonds is 10. The van der Waals surface area contributed by atoms with Crippen molar-refractivity contribution in [3.63, 3.8) is 0 Å². The van der Waals surface area contributed by atoms with E-state index in [1.807, 2.05) is 0 Å². The molecule has 0 saturated heterocycles. The number of unbranched alkanes of at least 4 members (excludes halogenated alkanes) is 7. The Hall–Kier alpha value is -0.260. The van der Waals surface area contributed by atoms with Crippen LogP contribution in [0.25, 0.3) is 0 Å². The molecule has 0 aliphatic carbocycles. The van der Waals surface area contributed by atoms with Gasteiger partial charge in [0.2, 0.25) is 0 Å². The van der Waals surface area contributed by atoms with Crippen molar-refractivity contribution in [3.8, 4) is 0 Å². The predicted octanol–water partition coefficient (Wildman–Crippen LogP) is 5.87. The second kappa shape index (κ2) is 11.8. The maximum Gasteiger partial charge on any atom is -0.0323 e. The summed E-state index contributed by atoms with van der Waals surface area (Å²) < 4.78 is 0. The molecule has 0 fully saturated rings. The topological polar surface area (TPSA) is 0 Å². The van der Waals surface area contributed by atoms with Crippen LogP contribution >= 0.6 is 0 Å². The van der Waals surface area contributed by atoms with Crippen LogP contribution in [0.3, 0.4) is 0 Å². The van der Waals surface area contributed by atoms with E-state index in [2.05, 4.69) is 26.8 Å². The van der Waals surface area contributed by atoms with E-state index in [9.17, 15) is 0 Å². The van der Waals surface area contributed by atoms with Crippen LogP contribution in [-0.2, 0) is 0 Å². The van der Waals surface area contributed by atoms with Gasteiger partial charge in [0, 0.05) is 0 Å². The summed E-state index contributed by atoms with van der Waals surface area (Å²) >= 11 is 0. The van der Waals surface area contributed by atoms with E-state index in [-0.39, 0.29) is 0 Å². The average Bonchev–Trinajstić information content (AvgIpc) is 2.24. The van der Waals surface area contributed by atoms with E-state index in [1.54, 1.807) is 5.57 Å². The highest BCUT2D eigenvalue weighted by atomic mass is 14.0. The smallest absolute Gasteiger partial charge is 0.0323 e. The van der Waals surface area contributed by atoms with Crippen LogP contribution < -0.4 is 0 Å². The molecule has 0 saturated carbocycles. The number of hydrogen-bond donors (Lipinski definition) is 0. The third-order valence-corrected chi connectivity index (χ3v) is 2.98. The first kappa shape index (κ1) is 14.7. The van der Waals surface area contributed by atoms with Crippen LogP contribution in [0.1, 0.15) is 85.0 Å². The normalized spacial score (nSPS) is 12.1. The molecule has 0 nitrogen and oxygen atoms in total. The molecule has 0 spiro atoms. The van der Waals surface area contributed by atoms with E-state index in [4.69, 9.17) is 0 Å². The molecule has 0 aromatic carbocycles. The Bertz CT molecular complexity index is 144. The molecule has 0 bridgehead atoms. The summed E-state index contributed by atoms with van der Waals surface area (Å²) in [6.07, 6.45) is 16.2. The van der Waals surface area contributed by atoms with Crippen molar-refractivity contribution in [1.29, 1.82) is 0 Å². The monoisotopic (exact) mass is 210 g/mol. The molecular formula is C15H30. The fraction of sp³-hybridized carbons (Fsp3) is 0.867. The second-order valence-electron chi connectivity index (χ2n) is 4.71. The van der Waals surface area contributed by atoms with Gasteiger partial charge in [0.25, 0.3) is 0 Å². The standard InChI is InChI=1S/C15H30/c1-4-6-8-10-12-14-15(3)13-11-9-7-5-2/h13H,4-12,14H2,1-3H3/b15-13+. The van der Waals surface area contributed by atoms with Gasteiger partial charge < -0.3 is 0 Å². The summed E-state index contributed by atoms with van der Waals surface area (Å²) in [5.41, 5.74) is 1.61. The molecule has 0 radical (unpaired) electrons. The molecular weight excluding hydrogens is 180 g/mol. The number of hydrogen-bond acceptors (Lipinski definition) is 0. The van der Waals surface area contributed by atoms with Gasteiger partial charge >= 0.3 is 0 Å². The highest BCUT2D eigenvalue weighted by Gasteiger charge is 1.92. The van der Waals surface area contributed by atoms with Crippen molar-refractivity contribution in [2.24, 2.45) is 0 Å². The maximum atomic E-state index is 2.45. The van der Waals surface area contributed by atoms with Crippen LogP contribution in [0.4, 0.5) is 0 Å². The predicted molar refractivity (Wildman–Crippen MR) is 71.3 cm³/mol. The minimum atomic E-state index is 1.30. The van der Waals surface area contributed by atoms with Crippen LogP contribution in [0.2, 0.25) is 0 Å². The van der Waals surface area contributed by atoms with Crippen molar-refractivity contribution in [1.82, 2.24) is 0 Å². The van der Waals surface area contributed by atoms with Gasteiger partial charge in [0.05, 0.1) is 0 Å². The summed E-state index contributed by atoms with van der Waals surface area (Å²) in [5, 5.41) is 0. The van der Waals surface area contributed by atoms with Crippen molar-refractivity contribution in [2.75, 3.05) is 0 Å². The molecule has 0 heteroatoms. The van der Waals surface area contributed by atoms with Crippen molar-refractivity contribution in [2.45, 2.75) is 85.0 Å². The summed E-state index contributed by atoms with van der Waals surface area (Å²) in [5.74, 6) is 0. The van der Waals surface area contributed by atoms with E-state index < -0.39 is 0 Å². The summed E-state index contributed by atoms with van der Waals surface area (Å²) in [6.45, 7) is 6.84. The lowest BCUT2D eigenvalue weighted by atomic mass is 10.1. The van der Waals surface area contributed by atoms with E-state index in [0.29, 0.717) is 0 Å². The highest BCUT2D eigenvalue weighted by Crippen LogP contribution is 2.12. The summed E-state index contributed by atoms with van der Waals surface area (Å²) in [7, 11) is 0. The Balaban J connectivity index is 3.26. The zero-order valence-electron chi connectivity index (χ0n) is 11.1. The molecule has 0 rings (SSSR count). The van der Waals surface area contributed by atoms with E-state index in [1.165, 1.54) is 64.2 Å². The van der Waals surface area contributed by atoms with Gasteiger partial charge in [0.15, 0.2) is 0 Å². The third-order valence-electron chi connectivity index (χ3n) is 2.98. The highest BCUT2D eigenvalue weighted by molar-refractivity contribution is 4.97. The SMILES string of the molecule is CCCCC/C=C(\C)CCCCCCC. The van der Waals surface area contributed by atoms with Gasteiger partial charge in [0.1, 0.15) is 0 Å². The lowest BCUT2D eigenvalue weighted by Gasteiger charge is -2.02. The van der Waals surface area contributed by atoms with Gasteiger partial charge in [-0.1, -0.05) is 64.0 Å². The lowest BCUT2D eigenvalue weighted by Crippen LogP contribution is -1.81. The van der Waals surface area contributed by atoms with Crippen molar-refractivity contribution in [3.05, 3.63) is 11.6 Å². The molecule has 0 N–H and O–H groups in total. The largest absolute Gasteiger partial charge is 0.0856 e. The molecule has 0 aliphatic heterocycles. The van der Waals surface area contributed by atoms with Crippen LogP contribution in [0.15, 0.2) is 11.6 Å². The van der Waals surface area contributed by atoms with E-state index >= 15 is 0 Å². The molecule has 0 aromatic rings. The molecule has 0 amide bonds. The first-order valence-corrected chi connectivity index (χ1v) is 6.96. The van der Waals surface area contributed by atoms with Gasteiger partial charge in [-0.3, -0.25) is 0 Å². The average molecular weight is 210 g/mol. The molecule has 0 heterocycles. The molecule has 0 unspecified atom stereocenters. The molecule has 0 aromatic heterocycles. The van der Waals surface area contributed by atoms with Gasteiger partial charge in [-0.15, -0.1) is 0 Å². The maximum absolute atomic E-state index is 2.45. The summed E-state index contributed by atoms with van der Waals surface area (Å²) in [6, 6.07) is 0. The minimum Gasteiger partial charge on any atom is -0.0856 e. The molecule has 0 aliphatic rings. The fourth-order valence-electron chi connectivity index (χ4n) is 1.85. The Kier molecular flexibility index (Phi) is 11.6. The fourth-order valence-corrected chi connectivity index (χ4v) is 1.85. The van der Waals surface area contributed by atoms with Crippen LogP contribution in [0, 0.1) is 0 Å². The summed E-state index contributed by atoms with van der Waals surface area (Å²) in [4.78, 5) is 0. The van der Waals surface area contributed by atoms with Gasteiger partial charge in [-0.25, -0.2) is 0 Å². The second-order valence-corrected chi connectivity index (χ2v) is 4.71. The Morgan fingerprint density at radius 2 is 1.40 bits per heavy atom. The van der Waals surface area contributed by atoms with Crippen LogP contribution in [-0.4, -0.2) is 0 Å².